The molecule has 6 rings (SSSR count). The summed E-state index contributed by atoms with van der Waals surface area (Å²) in [5, 5.41) is 3.52. The van der Waals surface area contributed by atoms with E-state index in [0.29, 0.717) is 6.42 Å². The largest absolute Gasteiger partial charge is 0.497 e. The van der Waals surface area contributed by atoms with Crippen LogP contribution in [0.1, 0.15) is 35.9 Å². The Morgan fingerprint density at radius 1 is 0.971 bits per heavy atom. The summed E-state index contributed by atoms with van der Waals surface area (Å²) >= 11 is 0. The van der Waals surface area contributed by atoms with Crippen LogP contribution in [0.2, 0.25) is 0 Å². The topological polar surface area (TPSA) is 56.1 Å². The third-order valence-electron chi connectivity index (χ3n) is 6.80. The zero-order chi connectivity index (χ0) is 23.1. The quantitative estimate of drug-likeness (QED) is 0.409. The molecule has 0 saturated heterocycles. The normalized spacial score (nSPS) is 19.7. The number of hydrogen-bond acceptors (Lipinski definition) is 4. The Kier molecular flexibility index (Phi) is 5.02. The highest BCUT2D eigenvalue weighted by atomic mass is 16.5. The lowest BCUT2D eigenvalue weighted by Gasteiger charge is -2.35. The smallest absolute Gasteiger partial charge is 0.209 e. The fraction of sp³-hybridized carbons (Fsp3) is 0.172. The maximum atomic E-state index is 13.6. The average molecular weight is 448 g/mol. The van der Waals surface area contributed by atoms with Gasteiger partial charge in [0.1, 0.15) is 5.75 Å². The van der Waals surface area contributed by atoms with Crippen LogP contribution < -0.4 is 10.1 Å². The number of nitrogens with one attached hydrogen (secondary N) is 1. The van der Waals surface area contributed by atoms with Crippen LogP contribution in [-0.4, -0.2) is 22.4 Å². The Bertz CT molecular complexity index is 1430. The number of fused-ring (bicyclic) bond motifs is 3. The molecule has 4 aromatic rings. The molecule has 0 bridgehead atoms. The van der Waals surface area contributed by atoms with Crippen molar-refractivity contribution in [3.8, 4) is 5.75 Å². The zero-order valence-electron chi connectivity index (χ0n) is 18.9. The first-order valence-corrected chi connectivity index (χ1v) is 11.6. The highest BCUT2D eigenvalue weighted by Crippen LogP contribution is 2.44. The van der Waals surface area contributed by atoms with Gasteiger partial charge in [-0.1, -0.05) is 66.7 Å². The number of methoxy groups -OCH3 is 1. The van der Waals surface area contributed by atoms with Crippen LogP contribution in [0.4, 0.5) is 5.95 Å². The molecule has 0 spiro atoms. The summed E-state index contributed by atoms with van der Waals surface area (Å²) in [6.45, 7) is 0. The lowest BCUT2D eigenvalue weighted by molar-refractivity contribution is -0.116. The first kappa shape index (κ1) is 20.5. The van der Waals surface area contributed by atoms with Crippen molar-refractivity contribution in [2.45, 2.75) is 24.8 Å². The molecule has 2 heterocycles. The van der Waals surface area contributed by atoms with E-state index in [2.05, 4.69) is 52.4 Å². The van der Waals surface area contributed by atoms with Gasteiger partial charge in [-0.2, -0.15) is 0 Å². The Morgan fingerprint density at radius 2 is 1.74 bits per heavy atom. The molecule has 34 heavy (non-hydrogen) atoms. The van der Waals surface area contributed by atoms with Gasteiger partial charge >= 0.3 is 0 Å². The van der Waals surface area contributed by atoms with Crippen molar-refractivity contribution in [3.05, 3.63) is 107 Å². The summed E-state index contributed by atoms with van der Waals surface area (Å²) in [6, 6.07) is 26.1. The van der Waals surface area contributed by atoms with E-state index in [-0.39, 0.29) is 17.7 Å². The van der Waals surface area contributed by atoms with Gasteiger partial charge in [-0.3, -0.25) is 9.36 Å². The fourth-order valence-electron chi connectivity index (χ4n) is 5.13. The van der Waals surface area contributed by atoms with Gasteiger partial charge in [-0.25, -0.2) is 4.98 Å². The number of hydrogen-bond donors (Lipinski definition) is 1. The minimum absolute atomic E-state index is 0.124. The summed E-state index contributed by atoms with van der Waals surface area (Å²) < 4.78 is 7.45. The number of anilines is 1. The number of Topliss-reactive ketones (excluding diaryl/α,β-unsaturated/α-hetero) is 1. The van der Waals surface area contributed by atoms with E-state index in [1.165, 1.54) is 0 Å². The first-order chi connectivity index (χ1) is 16.7. The molecule has 0 amide bonds. The minimum Gasteiger partial charge on any atom is -0.497 e. The number of allylic oxidation sites excluding steroid dienone is 3. The molecule has 1 aromatic heterocycles. The standard InChI is InChI=1S/C29H25N3O2/c1-34-22-14-12-20(13-15-22)21-17-24-28(27(33)18-21)26(16-11-19-7-3-2-4-8-19)32-25-10-6-5-9-23(25)30-29(32)31-24/h2-16,21,26H,17-18H2,1H3,(H,30,31)/b16-11+/t21-,26+/m0/s1. The number of imidazole rings is 1. The molecule has 5 heteroatoms. The van der Waals surface area contributed by atoms with E-state index >= 15 is 0 Å². The molecule has 0 radical (unpaired) electrons. The van der Waals surface area contributed by atoms with E-state index in [4.69, 9.17) is 9.72 Å². The van der Waals surface area contributed by atoms with E-state index < -0.39 is 0 Å². The minimum atomic E-state index is -0.205. The summed E-state index contributed by atoms with van der Waals surface area (Å²) in [6.07, 6.45) is 5.49. The average Bonchev–Trinajstić information content (AvgIpc) is 3.25. The van der Waals surface area contributed by atoms with Crippen molar-refractivity contribution >= 4 is 28.8 Å². The van der Waals surface area contributed by atoms with Gasteiger partial charge in [-0.15, -0.1) is 0 Å². The SMILES string of the molecule is COc1ccc([C@@H]2CC(=O)C3=C(C2)Nc2nc4ccccc4n2[C@@H]3/C=C/c2ccccc2)cc1. The number of ether oxygens (including phenoxy) is 1. The number of ketones is 1. The molecule has 0 fully saturated rings. The van der Waals surface area contributed by atoms with Crippen molar-refractivity contribution in [3.63, 3.8) is 0 Å². The van der Waals surface area contributed by atoms with Gasteiger partial charge in [-0.05, 0) is 47.7 Å². The molecule has 2 atom stereocenters. The molecule has 1 aliphatic heterocycles. The lowest BCUT2D eigenvalue weighted by Crippen LogP contribution is -2.31. The van der Waals surface area contributed by atoms with Crippen molar-refractivity contribution in [2.24, 2.45) is 0 Å². The van der Waals surface area contributed by atoms with Gasteiger partial charge in [0.05, 0.1) is 24.2 Å². The van der Waals surface area contributed by atoms with Crippen LogP contribution in [0.15, 0.2) is 96.2 Å². The lowest BCUT2D eigenvalue weighted by atomic mass is 9.79. The number of aromatic nitrogens is 2. The molecule has 3 aromatic carbocycles. The van der Waals surface area contributed by atoms with E-state index in [1.807, 2.05) is 48.5 Å². The highest BCUT2D eigenvalue weighted by molar-refractivity contribution is 6.01. The van der Waals surface area contributed by atoms with Gasteiger partial charge in [0, 0.05) is 17.7 Å². The van der Waals surface area contributed by atoms with Crippen molar-refractivity contribution in [1.82, 2.24) is 9.55 Å². The second-order valence-electron chi connectivity index (χ2n) is 8.83. The van der Waals surface area contributed by atoms with E-state index in [9.17, 15) is 4.79 Å². The molecule has 2 aliphatic rings. The molecule has 168 valence electrons. The third kappa shape index (κ3) is 3.50. The fourth-order valence-corrected chi connectivity index (χ4v) is 5.13. The Labute approximate surface area is 198 Å². The molecule has 1 aliphatic carbocycles. The van der Waals surface area contributed by atoms with Gasteiger partial charge < -0.3 is 10.1 Å². The number of benzene rings is 3. The summed E-state index contributed by atoms with van der Waals surface area (Å²) in [4.78, 5) is 18.5. The first-order valence-electron chi connectivity index (χ1n) is 11.6. The highest BCUT2D eigenvalue weighted by Gasteiger charge is 2.37. The zero-order valence-corrected chi connectivity index (χ0v) is 18.9. The molecular formula is C29H25N3O2. The third-order valence-corrected chi connectivity index (χ3v) is 6.80. The monoisotopic (exact) mass is 447 g/mol. The van der Waals surface area contributed by atoms with Crippen LogP contribution in [-0.2, 0) is 4.79 Å². The second-order valence-corrected chi connectivity index (χ2v) is 8.83. The van der Waals surface area contributed by atoms with Crippen LogP contribution >= 0.6 is 0 Å². The van der Waals surface area contributed by atoms with E-state index in [1.54, 1.807) is 7.11 Å². The molecule has 0 unspecified atom stereocenters. The van der Waals surface area contributed by atoms with Crippen molar-refractivity contribution < 1.29 is 9.53 Å². The number of rotatable bonds is 4. The van der Waals surface area contributed by atoms with Crippen LogP contribution in [0.3, 0.4) is 0 Å². The van der Waals surface area contributed by atoms with Crippen LogP contribution in [0, 0.1) is 0 Å². The number of nitrogens with zero attached hydrogens (tertiary/aromatic N) is 2. The Hall–Kier alpha value is -4.12. The summed E-state index contributed by atoms with van der Waals surface area (Å²) in [5.41, 5.74) is 6.01. The summed E-state index contributed by atoms with van der Waals surface area (Å²) in [7, 11) is 1.66. The Morgan fingerprint density at radius 3 is 2.53 bits per heavy atom. The van der Waals surface area contributed by atoms with E-state index in [0.717, 1.165) is 51.5 Å². The Balaban J connectivity index is 1.43. The van der Waals surface area contributed by atoms with Gasteiger partial charge in [0.15, 0.2) is 5.78 Å². The number of carbonyl (C=O) groups is 1. The number of para-hydroxylation sites is 2. The van der Waals surface area contributed by atoms with Crippen molar-refractivity contribution in [1.29, 1.82) is 0 Å². The second kappa shape index (κ2) is 8.34. The predicted octanol–water partition coefficient (Wildman–Crippen LogP) is 6.13. The molecule has 5 nitrogen and oxygen atoms in total. The molecular weight excluding hydrogens is 422 g/mol. The van der Waals surface area contributed by atoms with Gasteiger partial charge in [0.25, 0.3) is 0 Å². The van der Waals surface area contributed by atoms with Crippen LogP contribution in [0.5, 0.6) is 5.75 Å². The molecule has 1 N–H and O–H groups in total. The predicted molar refractivity (Wildman–Crippen MR) is 135 cm³/mol. The maximum Gasteiger partial charge on any atom is 0.209 e. The molecule has 0 saturated carbocycles. The van der Waals surface area contributed by atoms with Crippen LogP contribution in [0.25, 0.3) is 17.1 Å². The number of carbonyl (C=O) groups excluding carboxylic acids is 1. The summed E-state index contributed by atoms with van der Waals surface area (Å²) in [5.74, 6) is 1.91. The maximum absolute atomic E-state index is 13.6. The van der Waals surface area contributed by atoms with Gasteiger partial charge in [0.2, 0.25) is 5.95 Å². The van der Waals surface area contributed by atoms with Crippen molar-refractivity contribution in [2.75, 3.05) is 12.4 Å².